The third kappa shape index (κ3) is 6.41. The number of hydrogen-bond donors (Lipinski definition) is 0. The van der Waals surface area contributed by atoms with E-state index in [0.717, 1.165) is 13.1 Å². The molecule has 2 amide bonds. The van der Waals surface area contributed by atoms with E-state index in [2.05, 4.69) is 10.0 Å². The lowest BCUT2D eigenvalue weighted by Crippen LogP contribution is -2.46. The molecule has 0 bridgehead atoms. The Balaban J connectivity index is 1.46. The number of benzene rings is 2. The normalized spacial score (nSPS) is 17.3. The molecule has 1 atom stereocenters. The van der Waals surface area contributed by atoms with Crippen LogP contribution in [0.25, 0.3) is 0 Å². The van der Waals surface area contributed by atoms with Gasteiger partial charge in [-0.15, -0.1) is 0 Å². The third-order valence-corrected chi connectivity index (χ3v) is 7.28. The Labute approximate surface area is 237 Å². The number of nitrogens with zero attached hydrogens (tertiary/aromatic N) is 4. The van der Waals surface area contributed by atoms with E-state index in [1.807, 2.05) is 0 Å². The largest absolute Gasteiger partial charge is 0.497 e. The van der Waals surface area contributed by atoms with Gasteiger partial charge in [0.2, 0.25) is 0 Å². The Hall–Kier alpha value is -4.22. The lowest BCUT2D eigenvalue weighted by Gasteiger charge is -2.31. The highest BCUT2D eigenvalue weighted by Crippen LogP contribution is 2.39. The molecule has 1 fully saturated rings. The minimum Gasteiger partial charge on any atom is -0.497 e. The van der Waals surface area contributed by atoms with Gasteiger partial charge in [-0.3, -0.25) is 14.5 Å². The summed E-state index contributed by atoms with van der Waals surface area (Å²) in [4.78, 5) is 31.0. The highest BCUT2D eigenvalue weighted by molar-refractivity contribution is 6.04. The third-order valence-electron chi connectivity index (χ3n) is 7.28. The highest BCUT2D eigenvalue weighted by atomic mass is 19.1. The molecule has 0 aliphatic carbocycles. The molecule has 2 aliphatic rings. The first-order valence-electron chi connectivity index (χ1n) is 13.5. The van der Waals surface area contributed by atoms with E-state index in [1.54, 1.807) is 62.8 Å². The number of methoxy groups -OCH3 is 2. The molecule has 5 rings (SSSR count). The van der Waals surface area contributed by atoms with Crippen LogP contribution in [0.15, 0.2) is 70.4 Å². The second kappa shape index (κ2) is 13.0. The van der Waals surface area contributed by atoms with Crippen molar-refractivity contribution in [1.82, 2.24) is 14.8 Å². The second-order valence-electron chi connectivity index (χ2n) is 9.75. The maximum atomic E-state index is 14.8. The summed E-state index contributed by atoms with van der Waals surface area (Å²) >= 11 is 0. The minimum atomic E-state index is -0.609. The van der Waals surface area contributed by atoms with Gasteiger partial charge < -0.3 is 23.5 Å². The van der Waals surface area contributed by atoms with Crippen molar-refractivity contribution in [3.05, 3.63) is 83.6 Å². The molecule has 2 aliphatic heterocycles. The summed E-state index contributed by atoms with van der Waals surface area (Å²) in [6.45, 7) is 3.36. The van der Waals surface area contributed by atoms with E-state index in [-0.39, 0.29) is 18.7 Å². The molecule has 10 nitrogen and oxygen atoms in total. The van der Waals surface area contributed by atoms with Gasteiger partial charge in [0.25, 0.3) is 11.8 Å². The van der Waals surface area contributed by atoms with Gasteiger partial charge in [0.05, 0.1) is 45.5 Å². The minimum absolute atomic E-state index is 0.141. The molecule has 0 N–H and O–H groups in total. The summed E-state index contributed by atoms with van der Waals surface area (Å²) in [5, 5.41) is 5.94. The average Bonchev–Trinajstić information content (AvgIpc) is 3.70. The van der Waals surface area contributed by atoms with Crippen molar-refractivity contribution in [3.8, 4) is 11.5 Å². The number of rotatable bonds is 10. The Bertz CT molecular complexity index is 1390. The van der Waals surface area contributed by atoms with Crippen molar-refractivity contribution in [2.75, 3.05) is 60.2 Å². The smallest absolute Gasteiger partial charge is 0.290 e. The molecule has 0 unspecified atom stereocenters. The van der Waals surface area contributed by atoms with Crippen molar-refractivity contribution >= 4 is 17.5 Å². The Morgan fingerprint density at radius 1 is 1.07 bits per heavy atom. The number of hydrazone groups is 1. The van der Waals surface area contributed by atoms with Crippen LogP contribution in [0.1, 0.15) is 34.1 Å². The lowest BCUT2D eigenvalue weighted by atomic mass is 9.97. The number of morpholine rings is 1. The van der Waals surface area contributed by atoms with Crippen molar-refractivity contribution < 1.29 is 32.6 Å². The first kappa shape index (κ1) is 28.3. The number of carbonyl (C=O) groups excluding carboxylic acids is 2. The summed E-state index contributed by atoms with van der Waals surface area (Å²) in [5.41, 5.74) is 1.39. The van der Waals surface area contributed by atoms with Crippen LogP contribution in [0.4, 0.5) is 4.39 Å². The average molecular weight is 565 g/mol. The molecular formula is C30H33FN4O6. The fourth-order valence-corrected chi connectivity index (χ4v) is 5.07. The van der Waals surface area contributed by atoms with Crippen LogP contribution in [-0.2, 0) is 9.53 Å². The van der Waals surface area contributed by atoms with Gasteiger partial charge >= 0.3 is 0 Å². The highest BCUT2D eigenvalue weighted by Gasteiger charge is 2.37. The number of hydrogen-bond acceptors (Lipinski definition) is 8. The predicted molar refractivity (Wildman–Crippen MR) is 149 cm³/mol. The molecule has 41 heavy (non-hydrogen) atoms. The van der Waals surface area contributed by atoms with E-state index < -0.39 is 23.7 Å². The first-order chi connectivity index (χ1) is 20.0. The number of halogens is 1. The standard InChI is InChI=1S/C30H33FN4O6/c1-38-21-9-10-27(39-2)23(18-21)26-19-25(22-6-3-4-7-24(22)31)32-35(26)29(36)20-34(30(37)28-8-5-15-41-28)12-11-33-13-16-40-17-14-33/h3-10,15,18,26H,11-14,16-17,19-20H2,1-2H3/t26-/m0/s1. The van der Waals surface area contributed by atoms with Gasteiger partial charge in [-0.2, -0.15) is 5.10 Å². The van der Waals surface area contributed by atoms with Crippen molar-refractivity contribution in [2.24, 2.45) is 5.10 Å². The maximum Gasteiger partial charge on any atom is 0.290 e. The van der Waals surface area contributed by atoms with Crippen molar-refractivity contribution in [3.63, 3.8) is 0 Å². The molecule has 1 saturated heterocycles. The van der Waals surface area contributed by atoms with E-state index >= 15 is 0 Å². The number of carbonyl (C=O) groups is 2. The van der Waals surface area contributed by atoms with Gasteiger partial charge in [0.15, 0.2) is 5.76 Å². The molecular weight excluding hydrogens is 531 g/mol. The van der Waals surface area contributed by atoms with Crippen molar-refractivity contribution in [2.45, 2.75) is 12.5 Å². The molecule has 0 saturated carbocycles. The zero-order valence-corrected chi connectivity index (χ0v) is 23.1. The monoisotopic (exact) mass is 564 g/mol. The summed E-state index contributed by atoms with van der Waals surface area (Å²) in [7, 11) is 3.09. The fraction of sp³-hybridized carbons (Fsp3) is 0.367. The van der Waals surface area contributed by atoms with Crippen LogP contribution in [0.5, 0.6) is 11.5 Å². The number of furan rings is 1. The number of ether oxygens (including phenoxy) is 3. The van der Waals surface area contributed by atoms with Crippen molar-refractivity contribution in [1.29, 1.82) is 0 Å². The molecule has 0 spiro atoms. The lowest BCUT2D eigenvalue weighted by molar-refractivity contribution is -0.133. The molecule has 3 heterocycles. The van der Waals surface area contributed by atoms with Gasteiger partial charge in [0, 0.05) is 43.7 Å². The van der Waals surface area contributed by atoms with Gasteiger partial charge in [-0.1, -0.05) is 18.2 Å². The first-order valence-corrected chi connectivity index (χ1v) is 13.5. The summed E-state index contributed by atoms with van der Waals surface area (Å²) in [6.07, 6.45) is 1.67. The summed E-state index contributed by atoms with van der Waals surface area (Å²) < 4.78 is 36.6. The molecule has 3 aromatic rings. The SMILES string of the molecule is COc1ccc(OC)c([C@@H]2CC(c3ccccc3F)=NN2C(=O)CN(CCN2CCOCC2)C(=O)c2ccco2)c1. The van der Waals surface area contributed by atoms with E-state index in [4.69, 9.17) is 18.6 Å². The fourth-order valence-electron chi connectivity index (χ4n) is 5.07. The van der Waals surface area contributed by atoms with E-state index in [1.165, 1.54) is 22.2 Å². The van der Waals surface area contributed by atoms with Crippen LogP contribution in [0, 0.1) is 5.82 Å². The Kier molecular flexibility index (Phi) is 8.95. The predicted octanol–water partition coefficient (Wildman–Crippen LogP) is 3.59. The molecule has 11 heteroatoms. The van der Waals surface area contributed by atoms with E-state index in [0.29, 0.717) is 54.6 Å². The summed E-state index contributed by atoms with van der Waals surface area (Å²) in [6, 6.07) is 14.2. The van der Waals surface area contributed by atoms with Gasteiger partial charge in [-0.05, 0) is 36.4 Å². The topological polar surface area (TPSA) is 97.0 Å². The number of amides is 2. The Morgan fingerprint density at radius 3 is 2.59 bits per heavy atom. The van der Waals surface area contributed by atoms with Gasteiger partial charge in [0.1, 0.15) is 23.9 Å². The summed E-state index contributed by atoms with van der Waals surface area (Å²) in [5.74, 6) is -0.000355. The molecule has 1 aromatic heterocycles. The zero-order valence-electron chi connectivity index (χ0n) is 23.1. The zero-order chi connectivity index (χ0) is 28.8. The molecule has 0 radical (unpaired) electrons. The van der Waals surface area contributed by atoms with E-state index in [9.17, 15) is 14.0 Å². The molecule has 216 valence electrons. The van der Waals surface area contributed by atoms with Crippen LogP contribution in [0.3, 0.4) is 0 Å². The van der Waals surface area contributed by atoms with Gasteiger partial charge in [-0.25, -0.2) is 9.40 Å². The molecule has 2 aromatic carbocycles. The Morgan fingerprint density at radius 2 is 1.88 bits per heavy atom. The van der Waals surface area contributed by atoms with Crippen LogP contribution >= 0.6 is 0 Å². The second-order valence-corrected chi connectivity index (χ2v) is 9.75. The van der Waals surface area contributed by atoms with Crippen LogP contribution in [0.2, 0.25) is 0 Å². The van der Waals surface area contributed by atoms with Crippen LogP contribution in [-0.4, -0.2) is 92.5 Å². The maximum absolute atomic E-state index is 14.8. The van der Waals surface area contributed by atoms with Crippen LogP contribution < -0.4 is 9.47 Å². The quantitative estimate of drug-likeness (QED) is 0.371.